The summed E-state index contributed by atoms with van der Waals surface area (Å²) in [5.74, 6) is -0.0433. The lowest BCUT2D eigenvalue weighted by molar-refractivity contribution is -0.385. The zero-order valence-electron chi connectivity index (χ0n) is 13.0. The first kappa shape index (κ1) is 17.7. The number of anilines is 1. The van der Waals surface area contributed by atoms with Crippen LogP contribution in [0.5, 0.6) is 11.5 Å². The summed E-state index contributed by atoms with van der Waals surface area (Å²) in [5.41, 5.74) is -0.167. The molecule has 0 aliphatic rings. The molecular weight excluding hydrogens is 334 g/mol. The number of non-ortho nitro benzene ring substituents is 2. The largest absolute Gasteiger partial charge is 0.495 e. The van der Waals surface area contributed by atoms with Crippen molar-refractivity contribution in [3.05, 3.63) is 62.7 Å². The van der Waals surface area contributed by atoms with E-state index in [9.17, 15) is 25.0 Å². The van der Waals surface area contributed by atoms with E-state index < -0.39 is 15.8 Å². The number of nitrogens with zero attached hydrogens (tertiary/aromatic N) is 2. The molecule has 25 heavy (non-hydrogen) atoms. The van der Waals surface area contributed by atoms with Gasteiger partial charge >= 0.3 is 0 Å². The fourth-order valence-electron chi connectivity index (χ4n) is 1.91. The van der Waals surface area contributed by atoms with E-state index in [0.29, 0.717) is 0 Å². The number of amides is 1. The maximum Gasteiger partial charge on any atom is 0.271 e. The van der Waals surface area contributed by atoms with Crippen LogP contribution in [0.25, 0.3) is 0 Å². The van der Waals surface area contributed by atoms with Crippen molar-refractivity contribution < 1.29 is 24.1 Å². The average molecular weight is 347 g/mol. The molecule has 1 N–H and O–H groups in total. The Morgan fingerprint density at radius 1 is 1.04 bits per heavy atom. The zero-order valence-corrected chi connectivity index (χ0v) is 13.0. The molecule has 10 nitrogen and oxygen atoms in total. The highest BCUT2D eigenvalue weighted by atomic mass is 16.6. The number of nitro benzene ring substituents is 2. The molecule has 0 fully saturated rings. The number of ether oxygens (including phenoxy) is 2. The van der Waals surface area contributed by atoms with E-state index in [4.69, 9.17) is 9.47 Å². The fraction of sp³-hybridized carbons (Fsp3) is 0.133. The highest BCUT2D eigenvalue weighted by Crippen LogP contribution is 2.28. The third-order valence-electron chi connectivity index (χ3n) is 3.09. The number of rotatable bonds is 7. The van der Waals surface area contributed by atoms with Gasteiger partial charge in [-0.25, -0.2) is 0 Å². The van der Waals surface area contributed by atoms with Crippen molar-refractivity contribution in [3.8, 4) is 11.5 Å². The first-order chi connectivity index (χ1) is 11.9. The predicted molar refractivity (Wildman–Crippen MR) is 86.9 cm³/mol. The summed E-state index contributed by atoms with van der Waals surface area (Å²) >= 11 is 0. The van der Waals surface area contributed by atoms with E-state index in [1.165, 1.54) is 49.6 Å². The first-order valence-electron chi connectivity index (χ1n) is 6.90. The minimum Gasteiger partial charge on any atom is -0.495 e. The van der Waals surface area contributed by atoms with Crippen molar-refractivity contribution in [2.75, 3.05) is 19.0 Å². The lowest BCUT2D eigenvalue weighted by atomic mass is 10.2. The Bertz CT molecular complexity index is 805. The van der Waals surface area contributed by atoms with Crippen LogP contribution in [-0.2, 0) is 4.79 Å². The van der Waals surface area contributed by atoms with Gasteiger partial charge in [0.05, 0.1) is 22.6 Å². The van der Waals surface area contributed by atoms with Crippen LogP contribution in [0, 0.1) is 20.2 Å². The van der Waals surface area contributed by atoms with Gasteiger partial charge in [-0.2, -0.15) is 0 Å². The molecule has 1 amide bonds. The molecule has 0 atom stereocenters. The number of methoxy groups -OCH3 is 1. The van der Waals surface area contributed by atoms with Crippen molar-refractivity contribution in [3.63, 3.8) is 0 Å². The van der Waals surface area contributed by atoms with Crippen LogP contribution in [-0.4, -0.2) is 29.5 Å². The second-order valence-corrected chi connectivity index (χ2v) is 4.73. The summed E-state index contributed by atoms with van der Waals surface area (Å²) in [5, 5.41) is 23.8. The molecule has 2 rings (SSSR count). The Labute approximate surface area is 141 Å². The van der Waals surface area contributed by atoms with E-state index in [1.807, 2.05) is 0 Å². The molecule has 2 aromatic carbocycles. The number of nitrogens with one attached hydrogen (secondary N) is 1. The lowest BCUT2D eigenvalue weighted by Gasteiger charge is -2.10. The fourth-order valence-corrected chi connectivity index (χ4v) is 1.91. The maximum absolute atomic E-state index is 11.9. The highest BCUT2D eigenvalue weighted by Gasteiger charge is 2.14. The topological polar surface area (TPSA) is 134 Å². The molecule has 10 heteroatoms. The van der Waals surface area contributed by atoms with Gasteiger partial charge in [-0.05, 0) is 18.2 Å². The molecule has 0 saturated heterocycles. The number of carbonyl (C=O) groups is 1. The van der Waals surface area contributed by atoms with Gasteiger partial charge < -0.3 is 14.8 Å². The minimum absolute atomic E-state index is 0.0990. The zero-order chi connectivity index (χ0) is 18.4. The Morgan fingerprint density at radius 3 is 2.20 bits per heavy atom. The van der Waals surface area contributed by atoms with Crippen molar-refractivity contribution >= 4 is 23.0 Å². The molecule has 130 valence electrons. The van der Waals surface area contributed by atoms with Crippen molar-refractivity contribution in [1.82, 2.24) is 0 Å². The molecule has 0 aromatic heterocycles. The standard InChI is InChI=1S/C15H13N3O7/c1-24-14-7-4-11(18(22)23)8-13(14)16-15(19)9-25-12-5-2-10(3-6-12)17(20)21/h2-8H,9H2,1H3,(H,16,19). The average Bonchev–Trinajstić information content (AvgIpc) is 2.60. The SMILES string of the molecule is COc1ccc([N+](=O)[O-])cc1NC(=O)COc1ccc([N+](=O)[O-])cc1. The van der Waals surface area contributed by atoms with Crippen molar-refractivity contribution in [2.45, 2.75) is 0 Å². The van der Waals surface area contributed by atoms with Gasteiger partial charge in [0.2, 0.25) is 0 Å². The van der Waals surface area contributed by atoms with Gasteiger partial charge in [0, 0.05) is 24.3 Å². The summed E-state index contributed by atoms with van der Waals surface area (Å²) in [7, 11) is 1.37. The summed E-state index contributed by atoms with van der Waals surface area (Å²) in [6.45, 7) is -0.385. The summed E-state index contributed by atoms with van der Waals surface area (Å²) < 4.78 is 10.3. The summed E-state index contributed by atoms with van der Waals surface area (Å²) in [6, 6.07) is 9.00. The number of carbonyl (C=O) groups excluding carboxylic acids is 1. The smallest absolute Gasteiger partial charge is 0.271 e. The van der Waals surface area contributed by atoms with Crippen molar-refractivity contribution in [1.29, 1.82) is 0 Å². The number of nitro groups is 2. The van der Waals surface area contributed by atoms with Gasteiger partial charge in [-0.15, -0.1) is 0 Å². The monoisotopic (exact) mass is 347 g/mol. The first-order valence-corrected chi connectivity index (χ1v) is 6.90. The van der Waals surface area contributed by atoms with E-state index in [-0.39, 0.29) is 35.2 Å². The lowest BCUT2D eigenvalue weighted by Crippen LogP contribution is -2.20. The van der Waals surface area contributed by atoms with Gasteiger partial charge in [0.1, 0.15) is 11.5 Å². The van der Waals surface area contributed by atoms with Gasteiger partial charge in [0.15, 0.2) is 6.61 Å². The van der Waals surface area contributed by atoms with Crippen LogP contribution >= 0.6 is 0 Å². The molecule has 0 unspecified atom stereocenters. The Balaban J connectivity index is 2.01. The minimum atomic E-state index is -0.595. The molecule has 0 radical (unpaired) electrons. The van der Waals surface area contributed by atoms with Crippen LogP contribution in [0.2, 0.25) is 0 Å². The molecule has 0 spiro atoms. The number of hydrogen-bond acceptors (Lipinski definition) is 7. The molecule has 0 aliphatic heterocycles. The van der Waals surface area contributed by atoms with Crippen LogP contribution < -0.4 is 14.8 Å². The van der Waals surface area contributed by atoms with Gasteiger partial charge in [-0.1, -0.05) is 0 Å². The van der Waals surface area contributed by atoms with Crippen LogP contribution in [0.4, 0.5) is 17.1 Å². The summed E-state index contributed by atoms with van der Waals surface area (Å²) in [4.78, 5) is 32.2. The molecule has 0 aliphatic carbocycles. The van der Waals surface area contributed by atoms with E-state index in [1.54, 1.807) is 0 Å². The molecular formula is C15H13N3O7. The van der Waals surface area contributed by atoms with E-state index >= 15 is 0 Å². The van der Waals surface area contributed by atoms with Crippen LogP contribution in [0.3, 0.4) is 0 Å². The maximum atomic E-state index is 11.9. The molecule has 0 saturated carbocycles. The predicted octanol–water partition coefficient (Wildman–Crippen LogP) is 2.53. The Kier molecular flexibility index (Phi) is 5.46. The van der Waals surface area contributed by atoms with Gasteiger partial charge in [-0.3, -0.25) is 25.0 Å². The van der Waals surface area contributed by atoms with Crippen LogP contribution in [0.15, 0.2) is 42.5 Å². The van der Waals surface area contributed by atoms with E-state index in [2.05, 4.69) is 5.32 Å². The Morgan fingerprint density at radius 2 is 1.64 bits per heavy atom. The number of benzene rings is 2. The number of hydrogen-bond donors (Lipinski definition) is 1. The Hall–Kier alpha value is -3.69. The van der Waals surface area contributed by atoms with E-state index in [0.717, 1.165) is 0 Å². The van der Waals surface area contributed by atoms with Gasteiger partial charge in [0.25, 0.3) is 17.3 Å². The second kappa shape index (κ2) is 7.73. The summed E-state index contributed by atoms with van der Waals surface area (Å²) in [6.07, 6.45) is 0. The quantitative estimate of drug-likeness (QED) is 0.600. The third-order valence-corrected chi connectivity index (χ3v) is 3.09. The highest BCUT2D eigenvalue weighted by molar-refractivity contribution is 5.93. The normalized spacial score (nSPS) is 9.96. The molecule has 0 heterocycles. The third kappa shape index (κ3) is 4.64. The van der Waals surface area contributed by atoms with Crippen molar-refractivity contribution in [2.24, 2.45) is 0 Å². The molecule has 0 bridgehead atoms. The van der Waals surface area contributed by atoms with Crippen LogP contribution in [0.1, 0.15) is 0 Å². The second-order valence-electron chi connectivity index (χ2n) is 4.73. The molecule has 2 aromatic rings.